The van der Waals surface area contributed by atoms with Gasteiger partial charge in [0, 0.05) is 37.8 Å². The third-order valence-corrected chi connectivity index (χ3v) is 6.99. The van der Waals surface area contributed by atoms with Crippen molar-refractivity contribution in [1.29, 1.82) is 0 Å². The topological polar surface area (TPSA) is 74.8 Å². The summed E-state index contributed by atoms with van der Waals surface area (Å²) in [6.45, 7) is 2.52. The highest BCUT2D eigenvalue weighted by Gasteiger charge is 2.29. The number of rotatable bonds is 5. The first-order valence-electron chi connectivity index (χ1n) is 8.48. The van der Waals surface area contributed by atoms with Crippen molar-refractivity contribution >= 4 is 39.1 Å². The lowest BCUT2D eigenvalue weighted by Gasteiger charge is -2.33. The number of ketones is 1. The molecule has 0 bridgehead atoms. The molecule has 142 valence electrons. The average molecular weight is 405 g/mol. The second-order valence-corrected chi connectivity index (χ2v) is 8.92. The molecule has 1 saturated heterocycles. The number of benzene rings is 1. The van der Waals surface area contributed by atoms with Crippen LogP contribution >= 0.6 is 11.3 Å². The van der Waals surface area contributed by atoms with Crippen LogP contribution in [-0.4, -0.2) is 55.5 Å². The molecule has 1 aliphatic heterocycles. The van der Waals surface area contributed by atoms with E-state index in [-0.39, 0.29) is 29.7 Å². The number of Topliss-reactive ketones (excluding diaryl/α,β-unsaturated/α-hetero) is 1. The van der Waals surface area contributed by atoms with Crippen LogP contribution in [0.1, 0.15) is 22.8 Å². The van der Waals surface area contributed by atoms with Crippen molar-refractivity contribution in [2.75, 3.05) is 26.2 Å². The second kappa shape index (κ2) is 8.16. The Labute approximate surface area is 162 Å². The number of piperazine rings is 1. The van der Waals surface area contributed by atoms with Crippen molar-refractivity contribution in [3.05, 3.63) is 58.3 Å². The van der Waals surface area contributed by atoms with Crippen molar-refractivity contribution in [2.45, 2.75) is 11.8 Å². The quantitative estimate of drug-likeness (QED) is 0.567. The fourth-order valence-electron chi connectivity index (χ4n) is 2.82. The molecule has 1 fully saturated rings. The summed E-state index contributed by atoms with van der Waals surface area (Å²) in [5, 5.41) is 3.89. The van der Waals surface area contributed by atoms with Crippen molar-refractivity contribution in [1.82, 2.24) is 9.21 Å². The normalized spacial score (nSPS) is 16.0. The molecule has 1 aliphatic rings. The fraction of sp³-hybridized carbons (Fsp3) is 0.263. The highest BCUT2D eigenvalue weighted by molar-refractivity contribution is 7.89. The van der Waals surface area contributed by atoms with Gasteiger partial charge in [0.1, 0.15) is 0 Å². The maximum atomic E-state index is 12.8. The van der Waals surface area contributed by atoms with E-state index in [2.05, 4.69) is 0 Å². The summed E-state index contributed by atoms with van der Waals surface area (Å²) in [7, 11) is -3.69. The summed E-state index contributed by atoms with van der Waals surface area (Å²) < 4.78 is 27.0. The van der Waals surface area contributed by atoms with Gasteiger partial charge in [0.05, 0.1) is 4.90 Å². The lowest BCUT2D eigenvalue weighted by atomic mass is 10.2. The van der Waals surface area contributed by atoms with E-state index in [1.54, 1.807) is 34.4 Å². The summed E-state index contributed by atoms with van der Waals surface area (Å²) in [5.41, 5.74) is 1.34. The lowest BCUT2D eigenvalue weighted by molar-refractivity contribution is -0.127. The molecule has 27 heavy (non-hydrogen) atoms. The summed E-state index contributed by atoms with van der Waals surface area (Å²) in [5.74, 6) is -0.309. The highest BCUT2D eigenvalue weighted by Crippen LogP contribution is 2.19. The zero-order valence-electron chi connectivity index (χ0n) is 14.9. The minimum atomic E-state index is -3.69. The van der Waals surface area contributed by atoms with Gasteiger partial charge in [-0.25, -0.2) is 8.42 Å². The van der Waals surface area contributed by atoms with Crippen LogP contribution in [0, 0.1) is 0 Å². The Morgan fingerprint density at radius 2 is 1.85 bits per heavy atom. The maximum Gasteiger partial charge on any atom is 0.246 e. The number of nitrogens with zero attached hydrogens (tertiary/aromatic N) is 2. The van der Waals surface area contributed by atoms with Crippen LogP contribution in [0.5, 0.6) is 0 Å². The van der Waals surface area contributed by atoms with Crippen LogP contribution < -0.4 is 0 Å². The van der Waals surface area contributed by atoms with Gasteiger partial charge in [0.15, 0.2) is 5.78 Å². The molecule has 0 saturated carbocycles. The van der Waals surface area contributed by atoms with E-state index in [1.807, 2.05) is 16.8 Å². The predicted octanol–water partition coefficient (Wildman–Crippen LogP) is 2.50. The molecule has 2 aromatic rings. The molecule has 8 heteroatoms. The zero-order valence-corrected chi connectivity index (χ0v) is 16.5. The summed E-state index contributed by atoms with van der Waals surface area (Å²) in [4.78, 5) is 25.5. The molecule has 0 atom stereocenters. The van der Waals surface area contributed by atoms with Crippen molar-refractivity contribution in [2.24, 2.45) is 0 Å². The molecule has 6 nitrogen and oxygen atoms in total. The van der Waals surface area contributed by atoms with Gasteiger partial charge >= 0.3 is 0 Å². The first-order valence-corrected chi connectivity index (χ1v) is 10.9. The Morgan fingerprint density at radius 1 is 1.11 bits per heavy atom. The largest absolute Gasteiger partial charge is 0.337 e. The summed E-state index contributed by atoms with van der Waals surface area (Å²) >= 11 is 1.56. The molecule has 3 rings (SSSR count). The van der Waals surface area contributed by atoms with Crippen LogP contribution in [0.15, 0.2) is 52.1 Å². The first-order chi connectivity index (χ1) is 12.9. The first kappa shape index (κ1) is 19.5. The van der Waals surface area contributed by atoms with Crippen molar-refractivity contribution < 1.29 is 18.0 Å². The van der Waals surface area contributed by atoms with Gasteiger partial charge in [-0.15, -0.1) is 0 Å². The average Bonchev–Trinajstić information content (AvgIpc) is 3.20. The summed E-state index contributed by atoms with van der Waals surface area (Å²) in [6.07, 6.45) is 3.28. The highest BCUT2D eigenvalue weighted by atomic mass is 32.2. The number of carbonyl (C=O) groups is 2. The second-order valence-electron chi connectivity index (χ2n) is 6.20. The van der Waals surface area contributed by atoms with Crippen LogP contribution in [-0.2, 0) is 14.8 Å². The Balaban J connectivity index is 1.65. The Bertz CT molecular complexity index is 957. The SMILES string of the molecule is CC(=O)c1cccc(S(=O)(=O)N2CCN(C(=O)/C=C/c3ccsc3)CC2)c1. The summed E-state index contributed by atoms with van der Waals surface area (Å²) in [6, 6.07) is 7.98. The van der Waals surface area contributed by atoms with Crippen LogP contribution in [0.4, 0.5) is 0 Å². The van der Waals surface area contributed by atoms with Gasteiger partial charge in [-0.1, -0.05) is 12.1 Å². The third-order valence-electron chi connectivity index (χ3n) is 4.39. The fourth-order valence-corrected chi connectivity index (χ4v) is 4.91. The lowest BCUT2D eigenvalue weighted by Crippen LogP contribution is -2.50. The zero-order chi connectivity index (χ0) is 19.4. The molecule has 2 heterocycles. The van der Waals surface area contributed by atoms with Crippen LogP contribution in [0.3, 0.4) is 0 Å². The van der Waals surface area contributed by atoms with Crippen molar-refractivity contribution in [3.63, 3.8) is 0 Å². The van der Waals surface area contributed by atoms with Gasteiger partial charge in [-0.2, -0.15) is 15.6 Å². The van der Waals surface area contributed by atoms with E-state index in [4.69, 9.17) is 0 Å². The molecule has 0 aliphatic carbocycles. The number of carbonyl (C=O) groups excluding carboxylic acids is 2. The number of hydrogen-bond acceptors (Lipinski definition) is 5. The molecule has 0 N–H and O–H groups in total. The molecule has 0 spiro atoms. The standard InChI is InChI=1S/C19H20N2O4S2/c1-15(22)17-3-2-4-18(13-17)27(24,25)21-10-8-20(9-11-21)19(23)6-5-16-7-12-26-14-16/h2-7,12-14H,8-11H2,1H3/b6-5+. The van der Waals surface area contributed by atoms with Gasteiger partial charge in [0.25, 0.3) is 0 Å². The smallest absolute Gasteiger partial charge is 0.246 e. The molecule has 0 radical (unpaired) electrons. The van der Waals surface area contributed by atoms with E-state index in [1.165, 1.54) is 29.4 Å². The van der Waals surface area contributed by atoms with E-state index in [9.17, 15) is 18.0 Å². The Morgan fingerprint density at radius 3 is 2.48 bits per heavy atom. The minimum Gasteiger partial charge on any atom is -0.337 e. The third kappa shape index (κ3) is 4.52. The van der Waals surface area contributed by atoms with E-state index in [0.717, 1.165) is 5.56 Å². The van der Waals surface area contributed by atoms with Gasteiger partial charge in [-0.05, 0) is 47.5 Å². The van der Waals surface area contributed by atoms with Crippen molar-refractivity contribution in [3.8, 4) is 0 Å². The number of amides is 1. The van der Waals surface area contributed by atoms with E-state index < -0.39 is 10.0 Å². The molecular weight excluding hydrogens is 384 g/mol. The molecular formula is C19H20N2O4S2. The Kier molecular flexibility index (Phi) is 5.88. The maximum absolute atomic E-state index is 12.8. The molecule has 1 amide bonds. The molecule has 1 aromatic heterocycles. The van der Waals surface area contributed by atoms with Crippen LogP contribution in [0.25, 0.3) is 6.08 Å². The van der Waals surface area contributed by atoms with Gasteiger partial charge in [-0.3, -0.25) is 9.59 Å². The Hall–Kier alpha value is -2.29. The van der Waals surface area contributed by atoms with Gasteiger partial charge < -0.3 is 4.90 Å². The minimum absolute atomic E-state index is 0.104. The van der Waals surface area contributed by atoms with Crippen LogP contribution in [0.2, 0.25) is 0 Å². The van der Waals surface area contributed by atoms with Gasteiger partial charge in [0.2, 0.25) is 15.9 Å². The predicted molar refractivity (Wildman–Crippen MR) is 105 cm³/mol. The van der Waals surface area contributed by atoms with E-state index in [0.29, 0.717) is 18.7 Å². The van der Waals surface area contributed by atoms with E-state index >= 15 is 0 Å². The molecule has 0 unspecified atom stereocenters. The number of sulfonamides is 1. The molecule has 1 aromatic carbocycles. The number of thiophene rings is 1. The monoisotopic (exact) mass is 404 g/mol. The number of hydrogen-bond donors (Lipinski definition) is 0.